The van der Waals surface area contributed by atoms with Gasteiger partial charge in [0.1, 0.15) is 35.9 Å². The van der Waals surface area contributed by atoms with Crippen LogP contribution in [0.2, 0.25) is 0 Å². The number of aromatic hydroxyl groups is 1. The molecular formula is C21H20O10. The minimum absolute atomic E-state index is 0.113. The summed E-state index contributed by atoms with van der Waals surface area (Å²) in [5.41, 5.74) is -0.445. The van der Waals surface area contributed by atoms with Crippen molar-refractivity contribution in [2.45, 2.75) is 37.3 Å². The minimum Gasteiger partial charge on any atom is -0.507 e. The van der Waals surface area contributed by atoms with E-state index in [-0.39, 0.29) is 33.6 Å². The number of hydrogen-bond acceptors (Lipinski definition) is 10. The quantitative estimate of drug-likeness (QED) is 0.295. The lowest BCUT2D eigenvalue weighted by molar-refractivity contribution is -0.277. The smallest absolute Gasteiger partial charge is 0.229 e. The first-order valence-corrected chi connectivity index (χ1v) is 9.45. The summed E-state index contributed by atoms with van der Waals surface area (Å²) < 4.78 is 10.8. The molecule has 1 aliphatic heterocycles. The Labute approximate surface area is 175 Å². The fourth-order valence-corrected chi connectivity index (χ4v) is 3.80. The van der Waals surface area contributed by atoms with Gasteiger partial charge in [0, 0.05) is 16.7 Å². The monoisotopic (exact) mass is 432 g/mol. The SMILES string of the molecule is O=C1c2ccccc2C(=O)c2c1cc(OC1O[C@@H](CO)[C@H](O)[C@@H](O)[C@@H]1O)c(CO)c2O. The average molecular weight is 432 g/mol. The lowest BCUT2D eigenvalue weighted by Crippen LogP contribution is -2.60. The first-order chi connectivity index (χ1) is 14.8. The van der Waals surface area contributed by atoms with E-state index in [1.165, 1.54) is 12.1 Å². The van der Waals surface area contributed by atoms with Crippen molar-refractivity contribution in [2.24, 2.45) is 0 Å². The van der Waals surface area contributed by atoms with Gasteiger partial charge in [-0.2, -0.15) is 0 Å². The van der Waals surface area contributed by atoms with E-state index in [0.29, 0.717) is 0 Å². The number of hydrogen-bond donors (Lipinski definition) is 6. The molecule has 0 aromatic heterocycles. The number of phenols is 1. The zero-order valence-electron chi connectivity index (χ0n) is 16.0. The topological polar surface area (TPSA) is 174 Å². The number of aliphatic hydroxyl groups excluding tert-OH is 5. The third-order valence-electron chi connectivity index (χ3n) is 5.50. The Kier molecular flexibility index (Phi) is 5.52. The van der Waals surface area contributed by atoms with E-state index < -0.39 is 61.2 Å². The normalized spacial score (nSPS) is 27.6. The molecule has 10 nitrogen and oxygen atoms in total. The Morgan fingerprint density at radius 1 is 0.903 bits per heavy atom. The first kappa shape index (κ1) is 21.4. The van der Waals surface area contributed by atoms with Crippen LogP contribution in [-0.2, 0) is 11.3 Å². The summed E-state index contributed by atoms with van der Waals surface area (Å²) in [6.45, 7) is -1.47. The molecule has 2 aliphatic rings. The van der Waals surface area contributed by atoms with E-state index in [4.69, 9.17) is 9.47 Å². The number of ether oxygens (including phenoxy) is 2. The second kappa shape index (κ2) is 8.00. The Hall–Kier alpha value is -2.86. The predicted molar refractivity (Wildman–Crippen MR) is 102 cm³/mol. The van der Waals surface area contributed by atoms with Gasteiger partial charge in [-0.15, -0.1) is 0 Å². The van der Waals surface area contributed by atoms with E-state index >= 15 is 0 Å². The van der Waals surface area contributed by atoms with Crippen LogP contribution < -0.4 is 4.74 Å². The van der Waals surface area contributed by atoms with E-state index in [2.05, 4.69) is 0 Å². The number of ketones is 2. The summed E-state index contributed by atoms with van der Waals surface area (Å²) in [7, 11) is 0. The van der Waals surface area contributed by atoms with Crippen molar-refractivity contribution in [3.05, 3.63) is 58.1 Å². The molecule has 4 rings (SSSR count). The van der Waals surface area contributed by atoms with Crippen LogP contribution in [0.3, 0.4) is 0 Å². The molecular weight excluding hydrogens is 412 g/mol. The minimum atomic E-state index is -1.75. The molecule has 0 radical (unpaired) electrons. The van der Waals surface area contributed by atoms with Gasteiger partial charge in [-0.1, -0.05) is 24.3 Å². The van der Waals surface area contributed by atoms with E-state index in [9.17, 15) is 40.2 Å². The summed E-state index contributed by atoms with van der Waals surface area (Å²) in [5.74, 6) is -2.09. The van der Waals surface area contributed by atoms with Crippen molar-refractivity contribution < 1.29 is 49.7 Å². The molecule has 0 bridgehead atoms. The number of carbonyl (C=O) groups is 2. The molecule has 5 atom stereocenters. The highest BCUT2D eigenvalue weighted by atomic mass is 16.7. The third-order valence-corrected chi connectivity index (χ3v) is 5.50. The van der Waals surface area contributed by atoms with Gasteiger partial charge < -0.3 is 40.1 Å². The number of fused-ring (bicyclic) bond motifs is 2. The third kappa shape index (κ3) is 3.30. The molecule has 0 saturated carbocycles. The maximum Gasteiger partial charge on any atom is 0.229 e. The van der Waals surface area contributed by atoms with Crippen molar-refractivity contribution in [3.63, 3.8) is 0 Å². The van der Waals surface area contributed by atoms with Gasteiger partial charge in [0.15, 0.2) is 11.6 Å². The van der Waals surface area contributed by atoms with Gasteiger partial charge in [-0.25, -0.2) is 0 Å². The van der Waals surface area contributed by atoms with Crippen LogP contribution in [0.1, 0.15) is 37.4 Å². The average Bonchev–Trinajstić information content (AvgIpc) is 2.77. The molecule has 10 heteroatoms. The maximum atomic E-state index is 12.9. The zero-order valence-corrected chi connectivity index (χ0v) is 16.0. The molecule has 2 aromatic rings. The molecule has 2 aromatic carbocycles. The summed E-state index contributed by atoms with van der Waals surface area (Å²) in [6, 6.07) is 7.22. The van der Waals surface area contributed by atoms with Gasteiger partial charge >= 0.3 is 0 Å². The van der Waals surface area contributed by atoms with Gasteiger partial charge in [-0.3, -0.25) is 9.59 Å². The van der Waals surface area contributed by atoms with Gasteiger partial charge in [0.2, 0.25) is 6.29 Å². The number of carbonyl (C=O) groups excluding carboxylic acids is 2. The van der Waals surface area contributed by atoms with Crippen molar-refractivity contribution >= 4 is 11.6 Å². The summed E-state index contributed by atoms with van der Waals surface area (Å²) in [5, 5.41) is 59.8. The largest absolute Gasteiger partial charge is 0.507 e. The van der Waals surface area contributed by atoms with Crippen molar-refractivity contribution in [2.75, 3.05) is 6.61 Å². The van der Waals surface area contributed by atoms with Gasteiger partial charge in [0.05, 0.1) is 24.3 Å². The van der Waals surface area contributed by atoms with Crippen molar-refractivity contribution in [1.29, 1.82) is 0 Å². The number of benzene rings is 2. The Bertz CT molecular complexity index is 1050. The molecule has 31 heavy (non-hydrogen) atoms. The first-order valence-electron chi connectivity index (χ1n) is 9.45. The maximum absolute atomic E-state index is 12.9. The molecule has 1 heterocycles. The highest BCUT2D eigenvalue weighted by molar-refractivity contribution is 6.29. The van der Waals surface area contributed by atoms with Crippen molar-refractivity contribution in [1.82, 2.24) is 0 Å². The van der Waals surface area contributed by atoms with E-state index in [0.717, 1.165) is 6.07 Å². The van der Waals surface area contributed by atoms with Crippen LogP contribution in [0, 0.1) is 0 Å². The summed E-state index contributed by atoms with van der Waals surface area (Å²) in [4.78, 5) is 25.8. The molecule has 0 spiro atoms. The van der Waals surface area contributed by atoms with Gasteiger partial charge in [-0.05, 0) is 6.07 Å². The van der Waals surface area contributed by atoms with Crippen LogP contribution in [-0.4, -0.2) is 79.5 Å². The second-order valence-corrected chi connectivity index (χ2v) is 7.30. The highest BCUT2D eigenvalue weighted by Gasteiger charge is 2.45. The molecule has 164 valence electrons. The van der Waals surface area contributed by atoms with Crippen LogP contribution in [0.15, 0.2) is 30.3 Å². The molecule has 1 fully saturated rings. The Morgan fingerprint density at radius 3 is 2.16 bits per heavy atom. The summed E-state index contributed by atoms with van der Waals surface area (Å²) >= 11 is 0. The van der Waals surface area contributed by atoms with Crippen LogP contribution in [0.4, 0.5) is 0 Å². The summed E-state index contributed by atoms with van der Waals surface area (Å²) in [6.07, 6.45) is -7.93. The van der Waals surface area contributed by atoms with E-state index in [1.54, 1.807) is 12.1 Å². The Balaban J connectivity index is 1.78. The lowest BCUT2D eigenvalue weighted by Gasteiger charge is -2.39. The fourth-order valence-electron chi connectivity index (χ4n) is 3.80. The second-order valence-electron chi connectivity index (χ2n) is 7.30. The van der Waals surface area contributed by atoms with Crippen LogP contribution >= 0.6 is 0 Å². The number of aliphatic hydroxyl groups is 5. The zero-order chi connectivity index (χ0) is 22.4. The lowest BCUT2D eigenvalue weighted by atomic mass is 9.82. The Morgan fingerprint density at radius 2 is 1.55 bits per heavy atom. The molecule has 6 N–H and O–H groups in total. The molecule has 1 saturated heterocycles. The standard InChI is InChI=1S/C21H20O10/c22-6-11-12(30-21-20(29)19(28)18(27)13(7-23)31-21)5-10-14(17(11)26)16(25)9-4-2-1-3-8(9)15(10)24/h1-5,13,18-23,26-29H,6-7H2/t13-,18-,19+,20-,21?/m0/s1. The van der Waals surface area contributed by atoms with Gasteiger partial charge in [0.25, 0.3) is 0 Å². The molecule has 1 unspecified atom stereocenters. The van der Waals surface area contributed by atoms with Crippen LogP contribution in [0.5, 0.6) is 11.5 Å². The molecule has 0 amide bonds. The molecule has 1 aliphatic carbocycles. The fraction of sp³-hybridized carbons (Fsp3) is 0.333. The number of rotatable bonds is 4. The van der Waals surface area contributed by atoms with E-state index in [1.807, 2.05) is 0 Å². The predicted octanol–water partition coefficient (Wildman–Crippen LogP) is -1.16. The van der Waals surface area contributed by atoms with Crippen molar-refractivity contribution in [3.8, 4) is 11.5 Å². The highest BCUT2D eigenvalue weighted by Crippen LogP contribution is 2.41. The van der Waals surface area contributed by atoms with Crippen LogP contribution in [0.25, 0.3) is 0 Å².